The van der Waals surface area contributed by atoms with Gasteiger partial charge in [0, 0.05) is 56.3 Å². The molecule has 4 aromatic rings. The first-order valence-corrected chi connectivity index (χ1v) is 15.1. The van der Waals surface area contributed by atoms with Gasteiger partial charge in [-0.2, -0.15) is 4.98 Å². The molecule has 0 aliphatic carbocycles. The Bertz CT molecular complexity index is 1560. The molecule has 2 N–H and O–H groups in total. The van der Waals surface area contributed by atoms with Crippen LogP contribution in [0.25, 0.3) is 0 Å². The van der Waals surface area contributed by atoms with Gasteiger partial charge in [0.1, 0.15) is 28.0 Å². The number of anilines is 3. The highest BCUT2D eigenvalue weighted by Crippen LogP contribution is 2.29. The lowest BCUT2D eigenvalue weighted by molar-refractivity contribution is 0.0630. The van der Waals surface area contributed by atoms with Crippen molar-refractivity contribution in [2.24, 2.45) is 0 Å². The van der Waals surface area contributed by atoms with Crippen molar-refractivity contribution >= 4 is 52.1 Å². The molecule has 11 nitrogen and oxygen atoms in total. The third-order valence-electron chi connectivity index (χ3n) is 6.98. The summed E-state index contributed by atoms with van der Waals surface area (Å²) in [5, 5.41) is 8.20. The molecular formula is C30H32ClN7O4S. The molecule has 224 valence electrons. The van der Waals surface area contributed by atoms with Crippen molar-refractivity contribution in [3.63, 3.8) is 0 Å². The number of aromatic nitrogens is 3. The van der Waals surface area contributed by atoms with Crippen molar-refractivity contribution in [1.29, 1.82) is 0 Å². The lowest BCUT2D eigenvalue weighted by Gasteiger charge is -2.34. The Balaban J connectivity index is 1.08. The van der Waals surface area contributed by atoms with E-state index in [4.69, 9.17) is 21.1 Å². The van der Waals surface area contributed by atoms with E-state index in [1.807, 2.05) is 17.0 Å². The number of rotatable bonds is 12. The average Bonchev–Trinajstić information content (AvgIpc) is 3.59. The fraction of sp³-hybridized carbons (Fsp3) is 0.300. The first kappa shape index (κ1) is 30.2. The van der Waals surface area contributed by atoms with E-state index in [-0.39, 0.29) is 11.7 Å². The summed E-state index contributed by atoms with van der Waals surface area (Å²) in [7, 11) is 3.28. The van der Waals surface area contributed by atoms with Crippen LogP contribution in [0.3, 0.4) is 0 Å². The highest BCUT2D eigenvalue weighted by molar-refractivity contribution is 7.07. The Morgan fingerprint density at radius 3 is 2.65 bits per heavy atom. The van der Waals surface area contributed by atoms with Gasteiger partial charge in [-0.25, -0.2) is 9.97 Å². The summed E-state index contributed by atoms with van der Waals surface area (Å²) in [5.41, 5.74) is 3.84. The van der Waals surface area contributed by atoms with Crippen molar-refractivity contribution in [2.45, 2.75) is 6.42 Å². The number of nitrogens with zero attached hydrogens (tertiary/aromatic N) is 5. The van der Waals surface area contributed by atoms with Crippen LogP contribution in [0.2, 0.25) is 5.02 Å². The van der Waals surface area contributed by atoms with Gasteiger partial charge >= 0.3 is 0 Å². The number of halogens is 1. The van der Waals surface area contributed by atoms with Crippen molar-refractivity contribution in [1.82, 2.24) is 24.8 Å². The molecule has 0 spiro atoms. The van der Waals surface area contributed by atoms with E-state index in [1.165, 1.54) is 17.5 Å². The molecule has 43 heavy (non-hydrogen) atoms. The number of thiazole rings is 1. The highest BCUT2D eigenvalue weighted by atomic mass is 35.5. The summed E-state index contributed by atoms with van der Waals surface area (Å²) >= 11 is 7.47. The van der Waals surface area contributed by atoms with Crippen molar-refractivity contribution < 1.29 is 19.1 Å². The van der Waals surface area contributed by atoms with Crippen LogP contribution < -0.4 is 20.1 Å². The van der Waals surface area contributed by atoms with E-state index >= 15 is 0 Å². The first-order chi connectivity index (χ1) is 20.9. The molecule has 1 aliphatic rings. The number of piperazine rings is 1. The second-order valence-electron chi connectivity index (χ2n) is 9.75. The number of hydrogen-bond donors (Lipinski definition) is 2. The number of methoxy groups -OCH3 is 1. The van der Waals surface area contributed by atoms with E-state index in [0.717, 1.165) is 26.1 Å². The molecule has 0 unspecified atom stereocenters. The van der Waals surface area contributed by atoms with Gasteiger partial charge in [-0.15, -0.1) is 11.3 Å². The fourth-order valence-electron chi connectivity index (χ4n) is 4.69. The average molecular weight is 622 g/mol. The van der Waals surface area contributed by atoms with Gasteiger partial charge in [0.25, 0.3) is 5.91 Å². The number of carbonyl (C=O) groups excluding carboxylic acids is 2. The molecular weight excluding hydrogens is 590 g/mol. The van der Waals surface area contributed by atoms with Gasteiger partial charge in [-0.3, -0.25) is 14.5 Å². The van der Waals surface area contributed by atoms with E-state index < -0.39 is 0 Å². The minimum atomic E-state index is -0.110. The summed E-state index contributed by atoms with van der Waals surface area (Å²) in [4.78, 5) is 42.6. The van der Waals surface area contributed by atoms with E-state index in [9.17, 15) is 9.59 Å². The number of hydrogen-bond acceptors (Lipinski definition) is 11. The quantitative estimate of drug-likeness (QED) is 0.168. The van der Waals surface area contributed by atoms with Gasteiger partial charge in [0.2, 0.25) is 11.7 Å². The SMILES string of the molecule is CNc1nc(Nc2ccc(C(=O)N3CCN(CCCOc4cccc(C(=O)c5cscn5)c4)CC3)cc2OC)ncc1Cl. The van der Waals surface area contributed by atoms with E-state index in [1.54, 1.807) is 55.4 Å². The molecule has 3 heterocycles. The predicted octanol–water partition coefficient (Wildman–Crippen LogP) is 4.84. The van der Waals surface area contributed by atoms with Crippen molar-refractivity contribution in [3.05, 3.63) is 81.4 Å². The zero-order valence-corrected chi connectivity index (χ0v) is 25.5. The summed E-state index contributed by atoms with van der Waals surface area (Å²) in [6.07, 6.45) is 2.34. The van der Waals surface area contributed by atoms with Gasteiger partial charge in [-0.1, -0.05) is 23.7 Å². The topological polar surface area (TPSA) is 122 Å². The normalized spacial score (nSPS) is 13.4. The van der Waals surface area contributed by atoms with Gasteiger partial charge in [-0.05, 0) is 36.8 Å². The van der Waals surface area contributed by atoms with Crippen LogP contribution in [-0.2, 0) is 0 Å². The molecule has 2 aromatic carbocycles. The van der Waals surface area contributed by atoms with Crippen LogP contribution in [0.15, 0.2) is 59.6 Å². The summed E-state index contributed by atoms with van der Waals surface area (Å²) in [5.74, 6) is 1.87. The van der Waals surface area contributed by atoms with Crippen LogP contribution >= 0.6 is 22.9 Å². The smallest absolute Gasteiger partial charge is 0.254 e. The van der Waals surface area contributed by atoms with Crippen LogP contribution in [-0.4, -0.2) is 89.9 Å². The minimum absolute atomic E-state index is 0.0416. The second kappa shape index (κ2) is 14.3. The van der Waals surface area contributed by atoms with Crippen LogP contribution in [0.1, 0.15) is 32.8 Å². The number of benzene rings is 2. The van der Waals surface area contributed by atoms with Gasteiger partial charge in [0.15, 0.2) is 0 Å². The van der Waals surface area contributed by atoms with Gasteiger partial charge < -0.3 is 25.0 Å². The molecule has 0 saturated carbocycles. The molecule has 1 fully saturated rings. The largest absolute Gasteiger partial charge is 0.495 e. The second-order valence-corrected chi connectivity index (χ2v) is 10.9. The third kappa shape index (κ3) is 7.58. The lowest BCUT2D eigenvalue weighted by Crippen LogP contribution is -2.49. The maximum atomic E-state index is 13.3. The molecule has 0 radical (unpaired) electrons. The zero-order chi connectivity index (χ0) is 30.2. The molecule has 0 atom stereocenters. The molecule has 0 bridgehead atoms. The molecule has 5 rings (SSSR count). The molecule has 1 saturated heterocycles. The molecule has 1 amide bonds. The van der Waals surface area contributed by atoms with E-state index in [2.05, 4.69) is 30.5 Å². The maximum Gasteiger partial charge on any atom is 0.254 e. The number of ether oxygens (including phenoxy) is 2. The molecule has 13 heteroatoms. The number of amides is 1. The summed E-state index contributed by atoms with van der Waals surface area (Å²) in [6.45, 7) is 4.22. The van der Waals surface area contributed by atoms with Crippen LogP contribution in [0.4, 0.5) is 17.5 Å². The van der Waals surface area contributed by atoms with E-state index in [0.29, 0.717) is 70.5 Å². The fourth-order valence-corrected chi connectivity index (χ4v) is 5.40. The monoisotopic (exact) mass is 621 g/mol. The lowest BCUT2D eigenvalue weighted by atomic mass is 10.1. The zero-order valence-electron chi connectivity index (χ0n) is 23.9. The summed E-state index contributed by atoms with van der Waals surface area (Å²) in [6, 6.07) is 12.5. The highest BCUT2D eigenvalue weighted by Gasteiger charge is 2.23. The molecule has 2 aromatic heterocycles. The van der Waals surface area contributed by atoms with Crippen molar-refractivity contribution in [3.8, 4) is 11.5 Å². The number of carbonyl (C=O) groups is 2. The standard InChI is InChI=1S/C30H32ClN7O4S/c1-32-28-23(31)17-33-30(36-28)35-24-8-7-21(16-26(24)41-2)29(40)38-12-10-37(11-13-38)9-4-14-42-22-6-3-5-20(15-22)27(39)25-18-43-19-34-25/h3,5-8,15-19H,4,9-14H2,1-2H3,(H2,32,33,35,36). The molecule has 1 aliphatic heterocycles. The van der Waals surface area contributed by atoms with Crippen molar-refractivity contribution in [2.75, 3.05) is 64.1 Å². The Kier molecular flexibility index (Phi) is 10.0. The Morgan fingerprint density at radius 2 is 1.91 bits per heavy atom. The number of nitrogens with one attached hydrogen (secondary N) is 2. The van der Waals surface area contributed by atoms with Gasteiger partial charge in [0.05, 0.1) is 31.1 Å². The Morgan fingerprint density at radius 1 is 1.07 bits per heavy atom. The predicted molar refractivity (Wildman–Crippen MR) is 167 cm³/mol. The summed E-state index contributed by atoms with van der Waals surface area (Å²) < 4.78 is 11.5. The first-order valence-electron chi connectivity index (χ1n) is 13.8. The van der Waals surface area contributed by atoms with Crippen LogP contribution in [0.5, 0.6) is 11.5 Å². The maximum absolute atomic E-state index is 13.3. The third-order valence-corrected chi connectivity index (χ3v) is 7.85. The van der Waals surface area contributed by atoms with Crippen LogP contribution in [0, 0.1) is 0 Å². The Hall–Kier alpha value is -4.26. The number of ketones is 1. The Labute approximate surface area is 258 Å². The minimum Gasteiger partial charge on any atom is -0.495 e.